The monoisotopic (exact) mass is 283 g/mol. The van der Waals surface area contributed by atoms with Gasteiger partial charge in [0.25, 0.3) is 0 Å². The summed E-state index contributed by atoms with van der Waals surface area (Å²) >= 11 is 12.2. The summed E-state index contributed by atoms with van der Waals surface area (Å²) in [5, 5.41) is 13.7. The average molecular weight is 284 g/mol. The molecule has 1 aromatic carbocycles. The summed E-state index contributed by atoms with van der Waals surface area (Å²) in [6, 6.07) is 7.47. The van der Waals surface area contributed by atoms with E-state index in [1.54, 1.807) is 6.07 Å². The maximum Gasteiger partial charge on any atom is 0.125 e. The van der Waals surface area contributed by atoms with Gasteiger partial charge < -0.3 is 5.32 Å². The lowest BCUT2D eigenvalue weighted by Crippen LogP contribution is -2.31. The third-order valence-corrected chi connectivity index (χ3v) is 3.97. The molecule has 0 bridgehead atoms. The maximum absolute atomic E-state index is 9.43. The number of hydrogen-bond donors (Lipinski definition) is 1. The molecule has 5 heteroatoms. The Labute approximate surface area is 117 Å². The highest BCUT2D eigenvalue weighted by atomic mass is 35.5. The molecule has 1 fully saturated rings. The number of nitrogens with one attached hydrogen (secondary N) is 1. The molecule has 0 amide bonds. The van der Waals surface area contributed by atoms with Crippen LogP contribution in [-0.4, -0.2) is 31.1 Å². The maximum atomic E-state index is 9.43. The van der Waals surface area contributed by atoms with Crippen LogP contribution in [0.5, 0.6) is 0 Å². The van der Waals surface area contributed by atoms with Crippen LogP contribution in [0.4, 0.5) is 0 Å². The molecular weight excluding hydrogens is 269 g/mol. The van der Waals surface area contributed by atoms with Crippen molar-refractivity contribution in [2.45, 2.75) is 12.5 Å². The molecule has 1 aliphatic rings. The van der Waals surface area contributed by atoms with Gasteiger partial charge in [-0.2, -0.15) is 5.26 Å². The van der Waals surface area contributed by atoms with E-state index in [2.05, 4.69) is 16.3 Å². The molecule has 0 spiro atoms. The molecule has 3 nitrogen and oxygen atoms in total. The van der Waals surface area contributed by atoms with Gasteiger partial charge in [0.1, 0.15) is 6.04 Å². The van der Waals surface area contributed by atoms with Gasteiger partial charge in [-0.15, -0.1) is 0 Å². The van der Waals surface area contributed by atoms with E-state index in [4.69, 9.17) is 23.2 Å². The number of hydrogen-bond acceptors (Lipinski definition) is 3. The Morgan fingerprint density at radius 3 is 2.89 bits per heavy atom. The zero-order valence-electron chi connectivity index (χ0n) is 10.00. The van der Waals surface area contributed by atoms with Gasteiger partial charge in [0, 0.05) is 25.2 Å². The minimum atomic E-state index is -0.323. The minimum Gasteiger partial charge on any atom is -0.315 e. The summed E-state index contributed by atoms with van der Waals surface area (Å²) in [4.78, 5) is 2.15. The highest BCUT2D eigenvalue weighted by molar-refractivity contribution is 6.42. The molecule has 1 saturated heterocycles. The first-order valence-corrected chi connectivity index (χ1v) is 6.78. The molecule has 1 heterocycles. The summed E-state index contributed by atoms with van der Waals surface area (Å²) in [6.07, 6.45) is 1.04. The number of benzene rings is 1. The Morgan fingerprint density at radius 2 is 2.11 bits per heavy atom. The van der Waals surface area contributed by atoms with Gasteiger partial charge in [0.2, 0.25) is 0 Å². The van der Waals surface area contributed by atoms with Crippen molar-refractivity contribution in [1.29, 1.82) is 5.26 Å². The molecule has 2 rings (SSSR count). The van der Waals surface area contributed by atoms with Crippen LogP contribution in [0.25, 0.3) is 0 Å². The van der Waals surface area contributed by atoms with Gasteiger partial charge in [-0.25, -0.2) is 0 Å². The van der Waals surface area contributed by atoms with Crippen molar-refractivity contribution in [2.75, 3.05) is 26.2 Å². The van der Waals surface area contributed by atoms with Crippen molar-refractivity contribution in [3.05, 3.63) is 33.8 Å². The number of rotatable bonds is 2. The van der Waals surface area contributed by atoms with Crippen molar-refractivity contribution in [2.24, 2.45) is 0 Å². The van der Waals surface area contributed by atoms with Crippen LogP contribution in [0, 0.1) is 11.3 Å². The van der Waals surface area contributed by atoms with Crippen molar-refractivity contribution < 1.29 is 0 Å². The zero-order chi connectivity index (χ0) is 13.0. The van der Waals surface area contributed by atoms with Gasteiger partial charge in [-0.1, -0.05) is 35.3 Å². The molecule has 1 N–H and O–H groups in total. The predicted molar refractivity (Wildman–Crippen MR) is 73.9 cm³/mol. The first kappa shape index (κ1) is 13.6. The summed E-state index contributed by atoms with van der Waals surface area (Å²) in [6.45, 7) is 3.64. The highest BCUT2D eigenvalue weighted by Gasteiger charge is 2.23. The first-order valence-electron chi connectivity index (χ1n) is 6.02. The van der Waals surface area contributed by atoms with Gasteiger partial charge in [0.15, 0.2) is 0 Å². The van der Waals surface area contributed by atoms with E-state index in [1.807, 2.05) is 12.1 Å². The zero-order valence-corrected chi connectivity index (χ0v) is 11.5. The second kappa shape index (κ2) is 6.40. The molecule has 1 aliphatic heterocycles. The Bertz CT molecular complexity index is 448. The van der Waals surface area contributed by atoms with Gasteiger partial charge in [-0.3, -0.25) is 4.90 Å². The SMILES string of the molecule is N#CC(c1cccc(Cl)c1Cl)N1CCCNCC1. The van der Waals surface area contributed by atoms with E-state index >= 15 is 0 Å². The van der Waals surface area contributed by atoms with E-state index in [0.29, 0.717) is 10.0 Å². The lowest BCUT2D eigenvalue weighted by atomic mass is 10.1. The third kappa shape index (κ3) is 2.96. The van der Waals surface area contributed by atoms with Crippen molar-refractivity contribution in [3.8, 4) is 6.07 Å². The molecule has 1 unspecified atom stereocenters. The van der Waals surface area contributed by atoms with Crippen LogP contribution in [0.1, 0.15) is 18.0 Å². The topological polar surface area (TPSA) is 39.1 Å². The van der Waals surface area contributed by atoms with E-state index in [9.17, 15) is 5.26 Å². The second-order valence-corrected chi connectivity index (χ2v) is 5.10. The Hall–Kier alpha value is -0.790. The molecule has 1 aromatic rings. The lowest BCUT2D eigenvalue weighted by molar-refractivity contribution is 0.252. The van der Waals surface area contributed by atoms with Gasteiger partial charge in [0.05, 0.1) is 16.1 Å². The van der Waals surface area contributed by atoms with Crippen LogP contribution < -0.4 is 5.32 Å². The molecular formula is C13H15Cl2N3. The van der Waals surface area contributed by atoms with Crippen LogP contribution in [0.15, 0.2) is 18.2 Å². The van der Waals surface area contributed by atoms with Gasteiger partial charge >= 0.3 is 0 Å². The van der Waals surface area contributed by atoms with Crippen molar-refractivity contribution in [3.63, 3.8) is 0 Å². The van der Waals surface area contributed by atoms with Crippen molar-refractivity contribution >= 4 is 23.2 Å². The molecule has 1 atom stereocenters. The fourth-order valence-corrected chi connectivity index (χ4v) is 2.62. The third-order valence-electron chi connectivity index (χ3n) is 3.14. The Morgan fingerprint density at radius 1 is 1.28 bits per heavy atom. The van der Waals surface area contributed by atoms with Gasteiger partial charge in [-0.05, 0) is 19.0 Å². The fourth-order valence-electron chi connectivity index (χ4n) is 2.20. The summed E-state index contributed by atoms with van der Waals surface area (Å²) in [7, 11) is 0. The lowest BCUT2D eigenvalue weighted by Gasteiger charge is -2.26. The summed E-state index contributed by atoms with van der Waals surface area (Å²) < 4.78 is 0. The average Bonchev–Trinajstić information content (AvgIpc) is 2.64. The Kier molecular flexibility index (Phi) is 4.85. The standard InChI is InChI=1S/C13H15Cl2N3/c14-11-4-1-3-10(13(11)15)12(9-16)18-7-2-5-17-6-8-18/h1,3-4,12,17H,2,5-8H2. The minimum absolute atomic E-state index is 0.323. The van der Waals surface area contributed by atoms with E-state index in [1.165, 1.54) is 0 Å². The predicted octanol–water partition coefficient (Wildman–Crippen LogP) is 2.85. The second-order valence-electron chi connectivity index (χ2n) is 4.31. The first-order chi connectivity index (χ1) is 8.74. The number of nitrogens with zero attached hydrogens (tertiary/aromatic N) is 2. The molecule has 0 aliphatic carbocycles. The summed E-state index contributed by atoms with van der Waals surface area (Å²) in [5.74, 6) is 0. The molecule has 96 valence electrons. The van der Waals surface area contributed by atoms with Crippen LogP contribution >= 0.6 is 23.2 Å². The smallest absolute Gasteiger partial charge is 0.125 e. The molecule has 0 saturated carbocycles. The molecule has 0 radical (unpaired) electrons. The van der Waals surface area contributed by atoms with Crippen LogP contribution in [0.3, 0.4) is 0 Å². The molecule has 18 heavy (non-hydrogen) atoms. The number of nitriles is 1. The Balaban J connectivity index is 2.27. The van der Waals surface area contributed by atoms with E-state index in [0.717, 1.165) is 38.2 Å². The quantitative estimate of drug-likeness (QED) is 0.907. The van der Waals surface area contributed by atoms with E-state index in [-0.39, 0.29) is 6.04 Å². The molecule has 0 aromatic heterocycles. The summed E-state index contributed by atoms with van der Waals surface area (Å²) in [5.41, 5.74) is 0.800. The van der Waals surface area contributed by atoms with E-state index < -0.39 is 0 Å². The van der Waals surface area contributed by atoms with Crippen LogP contribution in [0.2, 0.25) is 10.0 Å². The normalized spacial score (nSPS) is 18.9. The fraction of sp³-hybridized carbons (Fsp3) is 0.462. The highest BCUT2D eigenvalue weighted by Crippen LogP contribution is 2.32. The van der Waals surface area contributed by atoms with Crippen LogP contribution in [-0.2, 0) is 0 Å². The number of halogens is 2. The van der Waals surface area contributed by atoms with Crippen molar-refractivity contribution in [1.82, 2.24) is 10.2 Å². The largest absolute Gasteiger partial charge is 0.315 e.